The molecule has 0 radical (unpaired) electrons. The van der Waals surface area contributed by atoms with Gasteiger partial charge in [-0.25, -0.2) is 4.98 Å². The van der Waals surface area contributed by atoms with E-state index in [1.54, 1.807) is 24.4 Å². The van der Waals surface area contributed by atoms with Crippen LogP contribution in [0.25, 0.3) is 5.65 Å². The maximum absolute atomic E-state index is 12.1. The SMILES string of the molecule is Cc1ccc2nc(COC(=O)CCNC(=O)c3cccs3)cc(=O)n2c1. The number of pyridine rings is 1. The molecule has 0 atom stereocenters. The van der Waals surface area contributed by atoms with Gasteiger partial charge in [0, 0.05) is 18.8 Å². The minimum atomic E-state index is -0.470. The van der Waals surface area contributed by atoms with Crippen molar-refractivity contribution in [3.05, 3.63) is 68.4 Å². The monoisotopic (exact) mass is 371 g/mol. The molecule has 0 unspecified atom stereocenters. The number of amides is 1. The summed E-state index contributed by atoms with van der Waals surface area (Å²) < 4.78 is 6.58. The Morgan fingerprint density at radius 3 is 2.92 bits per heavy atom. The largest absolute Gasteiger partial charge is 0.459 e. The lowest BCUT2D eigenvalue weighted by atomic mass is 10.3. The van der Waals surface area contributed by atoms with E-state index < -0.39 is 5.97 Å². The van der Waals surface area contributed by atoms with Crippen molar-refractivity contribution in [3.8, 4) is 0 Å². The first-order valence-corrected chi connectivity index (χ1v) is 8.87. The Hall–Kier alpha value is -3.00. The highest BCUT2D eigenvalue weighted by Crippen LogP contribution is 2.07. The number of hydrogen-bond donors (Lipinski definition) is 1. The minimum Gasteiger partial charge on any atom is -0.459 e. The predicted molar refractivity (Wildman–Crippen MR) is 97.3 cm³/mol. The van der Waals surface area contributed by atoms with E-state index in [0.29, 0.717) is 16.2 Å². The number of fused-ring (bicyclic) bond motifs is 1. The Morgan fingerprint density at radius 2 is 2.15 bits per heavy atom. The van der Waals surface area contributed by atoms with Crippen molar-refractivity contribution in [1.82, 2.24) is 14.7 Å². The number of esters is 1. The van der Waals surface area contributed by atoms with E-state index in [4.69, 9.17) is 4.74 Å². The lowest BCUT2D eigenvalue weighted by Crippen LogP contribution is -2.25. The van der Waals surface area contributed by atoms with Crippen LogP contribution in [-0.4, -0.2) is 27.8 Å². The van der Waals surface area contributed by atoms with Gasteiger partial charge in [0.25, 0.3) is 11.5 Å². The van der Waals surface area contributed by atoms with E-state index in [1.165, 1.54) is 21.8 Å². The third-order valence-corrected chi connectivity index (χ3v) is 4.47. The summed E-state index contributed by atoms with van der Waals surface area (Å²) in [5.41, 5.74) is 1.60. The van der Waals surface area contributed by atoms with Crippen molar-refractivity contribution in [2.75, 3.05) is 6.54 Å². The van der Waals surface area contributed by atoms with E-state index in [0.717, 1.165) is 5.56 Å². The normalized spacial score (nSPS) is 10.7. The van der Waals surface area contributed by atoms with Gasteiger partial charge >= 0.3 is 5.97 Å². The second-order valence-electron chi connectivity index (χ2n) is 5.66. The van der Waals surface area contributed by atoms with Crippen LogP contribution in [0.2, 0.25) is 0 Å². The minimum absolute atomic E-state index is 0.0445. The Balaban J connectivity index is 1.51. The van der Waals surface area contributed by atoms with Gasteiger partial charge in [0.05, 0.1) is 17.0 Å². The second-order valence-corrected chi connectivity index (χ2v) is 6.61. The Bertz CT molecular complexity index is 995. The predicted octanol–water partition coefficient (Wildman–Crippen LogP) is 1.93. The summed E-state index contributed by atoms with van der Waals surface area (Å²) in [4.78, 5) is 40.5. The number of nitrogens with one attached hydrogen (secondary N) is 1. The van der Waals surface area contributed by atoms with Gasteiger partial charge in [-0.2, -0.15) is 0 Å². The van der Waals surface area contributed by atoms with Crippen molar-refractivity contribution < 1.29 is 14.3 Å². The fourth-order valence-corrected chi connectivity index (χ4v) is 2.97. The smallest absolute Gasteiger partial charge is 0.307 e. The van der Waals surface area contributed by atoms with Crippen LogP contribution in [0, 0.1) is 6.92 Å². The zero-order chi connectivity index (χ0) is 18.5. The van der Waals surface area contributed by atoms with Gasteiger partial charge in [0.15, 0.2) is 0 Å². The number of carbonyl (C=O) groups is 2. The first kappa shape index (κ1) is 17.8. The van der Waals surface area contributed by atoms with E-state index in [9.17, 15) is 14.4 Å². The molecule has 0 aromatic carbocycles. The summed E-state index contributed by atoms with van der Waals surface area (Å²) in [6.45, 7) is 1.98. The second kappa shape index (κ2) is 7.92. The molecule has 1 amide bonds. The summed E-state index contributed by atoms with van der Waals surface area (Å²) in [5, 5.41) is 4.46. The molecule has 26 heavy (non-hydrogen) atoms. The summed E-state index contributed by atoms with van der Waals surface area (Å²) in [6.07, 6.45) is 1.75. The molecule has 0 fully saturated rings. The van der Waals surface area contributed by atoms with E-state index in [2.05, 4.69) is 10.3 Å². The Morgan fingerprint density at radius 1 is 1.31 bits per heavy atom. The number of carbonyl (C=O) groups excluding carboxylic acids is 2. The highest BCUT2D eigenvalue weighted by atomic mass is 32.1. The molecular formula is C18H17N3O4S. The van der Waals surface area contributed by atoms with E-state index >= 15 is 0 Å². The molecule has 0 saturated heterocycles. The zero-order valence-electron chi connectivity index (χ0n) is 14.1. The average molecular weight is 371 g/mol. The molecule has 3 heterocycles. The van der Waals surface area contributed by atoms with Crippen LogP contribution < -0.4 is 10.9 Å². The first-order chi connectivity index (χ1) is 12.5. The molecule has 0 aliphatic rings. The van der Waals surface area contributed by atoms with Crippen LogP contribution in [0.3, 0.4) is 0 Å². The quantitative estimate of drug-likeness (QED) is 0.669. The zero-order valence-corrected chi connectivity index (χ0v) is 14.9. The number of rotatable bonds is 6. The third kappa shape index (κ3) is 4.34. The fraction of sp³-hybridized carbons (Fsp3) is 0.222. The molecule has 7 nitrogen and oxygen atoms in total. The van der Waals surface area contributed by atoms with Crippen molar-refractivity contribution >= 4 is 28.9 Å². The highest BCUT2D eigenvalue weighted by Gasteiger charge is 2.09. The highest BCUT2D eigenvalue weighted by molar-refractivity contribution is 7.12. The number of nitrogens with zero attached hydrogens (tertiary/aromatic N) is 2. The van der Waals surface area contributed by atoms with Crippen LogP contribution in [-0.2, 0) is 16.1 Å². The Labute approximate surface area is 153 Å². The van der Waals surface area contributed by atoms with Crippen LogP contribution in [0.4, 0.5) is 0 Å². The molecule has 0 aliphatic heterocycles. The summed E-state index contributed by atoms with van der Waals surface area (Å²) in [5.74, 6) is -0.685. The number of aryl methyl sites for hydroxylation is 1. The average Bonchev–Trinajstić information content (AvgIpc) is 3.15. The molecule has 0 aliphatic carbocycles. The number of thiophene rings is 1. The van der Waals surface area contributed by atoms with Crippen molar-refractivity contribution in [2.24, 2.45) is 0 Å². The number of hydrogen-bond acceptors (Lipinski definition) is 6. The Kier molecular flexibility index (Phi) is 5.43. The summed E-state index contributed by atoms with van der Waals surface area (Å²) in [7, 11) is 0. The number of ether oxygens (including phenoxy) is 1. The van der Waals surface area contributed by atoms with Crippen LogP contribution in [0.15, 0.2) is 46.7 Å². The van der Waals surface area contributed by atoms with Crippen molar-refractivity contribution in [3.63, 3.8) is 0 Å². The molecule has 3 rings (SSSR count). The van der Waals surface area contributed by atoms with Crippen LogP contribution >= 0.6 is 11.3 Å². The lowest BCUT2D eigenvalue weighted by Gasteiger charge is -2.07. The van der Waals surface area contributed by atoms with Crippen LogP contribution in [0.1, 0.15) is 27.3 Å². The third-order valence-electron chi connectivity index (χ3n) is 3.60. The number of aromatic nitrogens is 2. The fourth-order valence-electron chi connectivity index (χ4n) is 2.33. The van der Waals surface area contributed by atoms with Crippen molar-refractivity contribution in [1.29, 1.82) is 0 Å². The van der Waals surface area contributed by atoms with Gasteiger partial charge in [0.1, 0.15) is 12.3 Å². The maximum Gasteiger partial charge on any atom is 0.307 e. The molecule has 8 heteroatoms. The molecule has 0 spiro atoms. The molecule has 3 aromatic rings. The molecule has 0 bridgehead atoms. The molecule has 1 N–H and O–H groups in total. The summed E-state index contributed by atoms with van der Waals surface area (Å²) >= 11 is 1.33. The lowest BCUT2D eigenvalue weighted by molar-refractivity contribution is -0.144. The molecule has 3 aromatic heterocycles. The topological polar surface area (TPSA) is 89.8 Å². The van der Waals surface area contributed by atoms with Gasteiger partial charge < -0.3 is 10.1 Å². The van der Waals surface area contributed by atoms with Gasteiger partial charge in [-0.1, -0.05) is 12.1 Å². The summed E-state index contributed by atoms with van der Waals surface area (Å²) in [6, 6.07) is 8.44. The van der Waals surface area contributed by atoms with E-state index in [-0.39, 0.29) is 31.0 Å². The first-order valence-electron chi connectivity index (χ1n) is 7.99. The van der Waals surface area contributed by atoms with Gasteiger partial charge in [0.2, 0.25) is 0 Å². The maximum atomic E-state index is 12.1. The van der Waals surface area contributed by atoms with Crippen molar-refractivity contribution in [2.45, 2.75) is 20.0 Å². The molecule has 134 valence electrons. The standard InChI is InChI=1S/C18H17N3O4S/c1-12-4-5-15-20-13(9-16(22)21(15)10-12)11-25-17(23)6-7-19-18(24)14-3-2-8-26-14/h2-5,8-10H,6-7,11H2,1H3,(H,19,24). The van der Waals surface area contributed by atoms with E-state index in [1.807, 2.05) is 18.4 Å². The van der Waals surface area contributed by atoms with Gasteiger partial charge in [-0.15, -0.1) is 11.3 Å². The molecular weight excluding hydrogens is 354 g/mol. The van der Waals surface area contributed by atoms with Gasteiger partial charge in [-0.05, 0) is 30.0 Å². The molecule has 0 saturated carbocycles. The van der Waals surface area contributed by atoms with Crippen LogP contribution in [0.5, 0.6) is 0 Å². The van der Waals surface area contributed by atoms with Gasteiger partial charge in [-0.3, -0.25) is 18.8 Å².